The van der Waals surface area contributed by atoms with E-state index >= 15 is 0 Å². The van der Waals surface area contributed by atoms with E-state index in [1.54, 1.807) is 6.07 Å². The minimum absolute atomic E-state index is 0.334. The number of carbonyl (C=O) groups is 1. The van der Waals surface area contributed by atoms with E-state index in [9.17, 15) is 9.35 Å². The van der Waals surface area contributed by atoms with Crippen molar-refractivity contribution in [3.8, 4) is 11.1 Å². The molecule has 0 heterocycles. The summed E-state index contributed by atoms with van der Waals surface area (Å²) in [4.78, 5) is 12.3. The van der Waals surface area contributed by atoms with E-state index in [2.05, 4.69) is 17.4 Å². The predicted molar refractivity (Wildman–Crippen MR) is 104 cm³/mol. The Balaban J connectivity index is 2.47. The molecule has 5 heteroatoms. The Bertz CT molecular complexity index is 739. The Labute approximate surface area is 152 Å². The Kier molecular flexibility index (Phi) is 6.15. The largest absolute Gasteiger partial charge is 0.598 e. The highest BCUT2D eigenvalue weighted by Gasteiger charge is 2.26. The van der Waals surface area contributed by atoms with E-state index in [0.717, 1.165) is 33.4 Å². The van der Waals surface area contributed by atoms with Gasteiger partial charge < -0.3 is 4.55 Å². The molecule has 1 unspecified atom stereocenters. The highest BCUT2D eigenvalue weighted by molar-refractivity contribution is 7.90. The van der Waals surface area contributed by atoms with Gasteiger partial charge in [-0.05, 0) is 56.0 Å². The highest BCUT2D eigenvalue weighted by atomic mass is 32.2. The lowest BCUT2D eigenvalue weighted by Gasteiger charge is -2.24. The second-order valence-electron chi connectivity index (χ2n) is 6.65. The van der Waals surface area contributed by atoms with Gasteiger partial charge in [0, 0.05) is 21.8 Å². The van der Waals surface area contributed by atoms with Gasteiger partial charge in [-0.25, -0.2) is 0 Å². The summed E-state index contributed by atoms with van der Waals surface area (Å²) in [6.45, 7) is 8.24. The molecule has 0 fully saturated rings. The number of aldehydes is 1. The Morgan fingerprint density at radius 2 is 1.88 bits per heavy atom. The summed E-state index contributed by atoms with van der Waals surface area (Å²) < 4.78 is 15.0. The summed E-state index contributed by atoms with van der Waals surface area (Å²) in [7, 11) is 0. The summed E-state index contributed by atoms with van der Waals surface area (Å²) in [6, 6.07) is 11.4. The van der Waals surface area contributed by atoms with Crippen molar-refractivity contribution in [1.29, 1.82) is 0 Å². The number of benzene rings is 2. The van der Waals surface area contributed by atoms with E-state index in [-0.39, 0.29) is 4.75 Å². The monoisotopic (exact) mass is 361 g/mol. The van der Waals surface area contributed by atoms with E-state index in [1.807, 2.05) is 58.0 Å². The summed E-state index contributed by atoms with van der Waals surface area (Å²) in [5.41, 5.74) is 4.49. The van der Waals surface area contributed by atoms with Gasteiger partial charge in [-0.15, -0.1) is 17.4 Å². The summed E-state index contributed by atoms with van der Waals surface area (Å²) in [6.07, 6.45) is 0.866. The van der Waals surface area contributed by atoms with Gasteiger partial charge in [-0.3, -0.25) is 4.79 Å². The maximum atomic E-state index is 12.3. The predicted octanol–water partition coefficient (Wildman–Crippen LogP) is 4.32. The third-order valence-electron chi connectivity index (χ3n) is 3.83. The van der Waals surface area contributed by atoms with Crippen LogP contribution >= 0.6 is 12.6 Å². The molecule has 0 bridgehead atoms. The molecule has 0 aliphatic carbocycles. The van der Waals surface area contributed by atoms with Crippen LogP contribution in [-0.2, 0) is 17.9 Å². The topological polar surface area (TPSA) is 52.2 Å². The first-order chi connectivity index (χ1) is 11.3. The van der Waals surface area contributed by atoms with Crippen LogP contribution in [0.3, 0.4) is 0 Å². The maximum Gasteiger partial charge on any atom is 0.150 e. The molecule has 0 saturated carbocycles. The molecular formula is C19H23NO2S2. The molecule has 1 atom stereocenters. The van der Waals surface area contributed by atoms with E-state index in [1.165, 1.54) is 0 Å². The number of nitrogens with one attached hydrogen (secondary N) is 1. The van der Waals surface area contributed by atoms with Gasteiger partial charge in [0.2, 0.25) is 0 Å². The van der Waals surface area contributed by atoms with Crippen LogP contribution in [0.25, 0.3) is 11.1 Å². The van der Waals surface area contributed by atoms with E-state index in [4.69, 9.17) is 0 Å². The quantitative estimate of drug-likeness (QED) is 0.474. The van der Waals surface area contributed by atoms with Gasteiger partial charge in [0.15, 0.2) is 6.29 Å². The molecular weight excluding hydrogens is 338 g/mol. The van der Waals surface area contributed by atoms with Gasteiger partial charge in [-0.2, -0.15) is 0 Å². The second kappa shape index (κ2) is 7.74. The van der Waals surface area contributed by atoms with Crippen molar-refractivity contribution in [1.82, 2.24) is 4.72 Å². The minimum atomic E-state index is -1.16. The zero-order valence-corrected chi connectivity index (χ0v) is 16.1. The number of carbonyl (C=O) groups excluding carboxylic acids is 1. The molecule has 0 saturated heterocycles. The van der Waals surface area contributed by atoms with Crippen molar-refractivity contribution in [2.24, 2.45) is 0 Å². The van der Waals surface area contributed by atoms with Crippen LogP contribution < -0.4 is 4.72 Å². The third-order valence-corrected chi connectivity index (χ3v) is 5.83. The Morgan fingerprint density at radius 3 is 2.50 bits per heavy atom. The molecule has 1 N–H and O–H groups in total. The fourth-order valence-electron chi connectivity index (χ4n) is 2.47. The summed E-state index contributed by atoms with van der Waals surface area (Å²) in [5, 5.41) is 0. The molecule has 0 aliphatic heterocycles. The summed E-state index contributed by atoms with van der Waals surface area (Å²) >= 11 is 3.35. The lowest BCUT2D eigenvalue weighted by Crippen LogP contribution is -2.39. The SMILES string of the molecule is Cc1c(S)ccc(CN[S+]([O-])C(C)(C)C)c1-c1ccccc1C=O. The van der Waals surface area contributed by atoms with Crippen molar-refractivity contribution >= 4 is 30.3 Å². The number of thiol groups is 1. The molecule has 2 rings (SSSR count). The standard InChI is InChI=1S/C19H23NO2S2/c1-13-17(23)10-9-14(11-20-24(22)19(2,3)4)18(13)16-8-6-5-7-15(16)12-21/h5-10,12,20,23H,11H2,1-4H3. The molecule has 2 aromatic rings. The van der Waals surface area contributed by atoms with Gasteiger partial charge in [0.05, 0.1) is 6.54 Å². The first-order valence-corrected chi connectivity index (χ1v) is 9.37. The minimum Gasteiger partial charge on any atom is -0.598 e. The normalized spacial score (nSPS) is 12.9. The van der Waals surface area contributed by atoms with Crippen molar-refractivity contribution in [2.45, 2.75) is 43.9 Å². The van der Waals surface area contributed by atoms with Gasteiger partial charge in [0.25, 0.3) is 0 Å². The van der Waals surface area contributed by atoms with Gasteiger partial charge >= 0.3 is 0 Å². The van der Waals surface area contributed by atoms with Crippen LogP contribution in [0.1, 0.15) is 42.3 Å². The first kappa shape index (κ1) is 19.1. The molecule has 0 aromatic heterocycles. The number of rotatable bonds is 5. The van der Waals surface area contributed by atoms with Crippen molar-refractivity contribution in [3.05, 3.63) is 53.1 Å². The molecule has 0 amide bonds. The molecule has 2 aromatic carbocycles. The van der Waals surface area contributed by atoms with Crippen LogP contribution in [0.4, 0.5) is 0 Å². The smallest absolute Gasteiger partial charge is 0.150 e. The first-order valence-electron chi connectivity index (χ1n) is 7.77. The van der Waals surface area contributed by atoms with E-state index in [0.29, 0.717) is 12.1 Å². The highest BCUT2D eigenvalue weighted by Crippen LogP contribution is 2.33. The summed E-state index contributed by atoms with van der Waals surface area (Å²) in [5.74, 6) is 0. The van der Waals surface area contributed by atoms with Crippen LogP contribution in [0.5, 0.6) is 0 Å². The van der Waals surface area contributed by atoms with Crippen molar-refractivity contribution < 1.29 is 9.35 Å². The molecule has 24 heavy (non-hydrogen) atoms. The average molecular weight is 362 g/mol. The lowest BCUT2D eigenvalue weighted by molar-refractivity contribution is 0.112. The van der Waals surface area contributed by atoms with Gasteiger partial charge in [0.1, 0.15) is 4.75 Å². The zero-order valence-electron chi connectivity index (χ0n) is 14.4. The zero-order chi connectivity index (χ0) is 17.9. The van der Waals surface area contributed by atoms with Crippen LogP contribution in [0.15, 0.2) is 41.3 Å². The molecule has 3 nitrogen and oxygen atoms in total. The third kappa shape index (κ3) is 4.22. The number of hydrogen-bond donors (Lipinski definition) is 2. The lowest BCUT2D eigenvalue weighted by atomic mass is 9.92. The number of hydrogen-bond acceptors (Lipinski definition) is 4. The fourth-order valence-corrected chi connectivity index (χ4v) is 3.37. The second-order valence-corrected chi connectivity index (χ2v) is 9.18. The average Bonchev–Trinajstić information content (AvgIpc) is 2.54. The Morgan fingerprint density at radius 1 is 1.21 bits per heavy atom. The fraction of sp³-hybridized carbons (Fsp3) is 0.316. The van der Waals surface area contributed by atoms with Gasteiger partial charge in [-0.1, -0.05) is 30.3 Å². The Hall–Kier alpha value is -1.27. The van der Waals surface area contributed by atoms with Crippen molar-refractivity contribution in [2.75, 3.05) is 0 Å². The van der Waals surface area contributed by atoms with Crippen LogP contribution in [-0.4, -0.2) is 15.6 Å². The maximum absolute atomic E-state index is 12.3. The van der Waals surface area contributed by atoms with Crippen molar-refractivity contribution in [3.63, 3.8) is 0 Å². The molecule has 128 valence electrons. The molecule has 0 aliphatic rings. The molecule has 0 radical (unpaired) electrons. The van der Waals surface area contributed by atoms with Crippen LogP contribution in [0.2, 0.25) is 0 Å². The van der Waals surface area contributed by atoms with E-state index < -0.39 is 11.4 Å². The molecule has 0 spiro atoms. The van der Waals surface area contributed by atoms with Crippen LogP contribution in [0, 0.1) is 6.92 Å².